The number of urea groups is 1. The first-order chi connectivity index (χ1) is 8.27. The van der Waals surface area contributed by atoms with Crippen LogP contribution < -0.4 is 10.6 Å². The number of hydrogen-bond donors (Lipinski definition) is 2. The molecule has 1 atom stereocenters. The summed E-state index contributed by atoms with van der Waals surface area (Å²) >= 11 is 0. The lowest BCUT2D eigenvalue weighted by Gasteiger charge is -2.22. The van der Waals surface area contributed by atoms with E-state index >= 15 is 0 Å². The van der Waals surface area contributed by atoms with Crippen LogP contribution in [0.5, 0.6) is 0 Å². The normalized spacial score (nSPS) is 20.9. The minimum absolute atomic E-state index is 0.0440. The summed E-state index contributed by atoms with van der Waals surface area (Å²) < 4.78 is 0. The summed E-state index contributed by atoms with van der Waals surface area (Å²) in [5.41, 5.74) is 0. The van der Waals surface area contributed by atoms with Gasteiger partial charge in [-0.25, -0.2) is 4.79 Å². The molecule has 0 saturated carbocycles. The minimum atomic E-state index is -0.0440. The Balaban J connectivity index is 2.10. The lowest BCUT2D eigenvalue weighted by atomic mass is 10.2. The maximum Gasteiger partial charge on any atom is 0.314 e. The highest BCUT2D eigenvalue weighted by Crippen LogP contribution is 2.15. The molecule has 0 bridgehead atoms. The van der Waals surface area contributed by atoms with Crippen LogP contribution >= 0.6 is 0 Å². The smallest absolute Gasteiger partial charge is 0.314 e. The van der Waals surface area contributed by atoms with Gasteiger partial charge >= 0.3 is 6.03 Å². The first-order valence-electron chi connectivity index (χ1n) is 6.64. The molecule has 1 fully saturated rings. The molecule has 0 aromatic rings. The van der Waals surface area contributed by atoms with Gasteiger partial charge in [0.15, 0.2) is 0 Å². The number of likely N-dealkylation sites (N-methyl/N-ethyl adjacent to an activating group) is 1. The molecule has 1 heterocycles. The topological polar surface area (TPSA) is 44.4 Å². The van der Waals surface area contributed by atoms with Gasteiger partial charge < -0.3 is 10.6 Å². The van der Waals surface area contributed by atoms with Gasteiger partial charge in [0.05, 0.1) is 0 Å². The zero-order valence-corrected chi connectivity index (χ0v) is 11.0. The molecule has 0 radical (unpaired) electrons. The van der Waals surface area contributed by atoms with E-state index in [-0.39, 0.29) is 6.03 Å². The predicted octanol–water partition coefficient (Wildman–Crippen LogP) is 1.74. The average molecular weight is 239 g/mol. The van der Waals surface area contributed by atoms with E-state index in [0.717, 1.165) is 19.5 Å². The van der Waals surface area contributed by atoms with Gasteiger partial charge in [0.25, 0.3) is 0 Å². The number of amides is 2. The fourth-order valence-electron chi connectivity index (χ4n) is 2.25. The van der Waals surface area contributed by atoms with Crippen LogP contribution in [0.25, 0.3) is 0 Å². The monoisotopic (exact) mass is 239 g/mol. The van der Waals surface area contributed by atoms with Crippen molar-refractivity contribution in [3.05, 3.63) is 12.2 Å². The number of carbonyl (C=O) groups excluding carboxylic acids is 1. The van der Waals surface area contributed by atoms with Crippen molar-refractivity contribution < 1.29 is 4.79 Å². The van der Waals surface area contributed by atoms with E-state index in [9.17, 15) is 4.79 Å². The molecule has 2 amide bonds. The third kappa shape index (κ3) is 5.22. The molecule has 4 heteroatoms. The molecule has 1 aliphatic rings. The second-order valence-electron chi connectivity index (χ2n) is 4.42. The maximum atomic E-state index is 11.5. The molecule has 1 saturated heterocycles. The highest BCUT2D eigenvalue weighted by Gasteiger charge is 2.22. The van der Waals surface area contributed by atoms with Gasteiger partial charge in [0, 0.05) is 19.1 Å². The molecule has 17 heavy (non-hydrogen) atoms. The van der Waals surface area contributed by atoms with Crippen molar-refractivity contribution in [2.45, 2.75) is 39.2 Å². The van der Waals surface area contributed by atoms with Crippen LogP contribution in [0.3, 0.4) is 0 Å². The number of nitrogens with zero attached hydrogens (tertiary/aromatic N) is 1. The molecule has 0 aliphatic carbocycles. The molecule has 0 aromatic heterocycles. The zero-order chi connectivity index (χ0) is 12.5. The Morgan fingerprint density at radius 3 is 3.00 bits per heavy atom. The van der Waals surface area contributed by atoms with Gasteiger partial charge in [-0.05, 0) is 39.3 Å². The van der Waals surface area contributed by atoms with Crippen LogP contribution in [0.1, 0.15) is 33.1 Å². The molecule has 1 unspecified atom stereocenters. The average Bonchev–Trinajstić information content (AvgIpc) is 2.79. The van der Waals surface area contributed by atoms with Crippen LogP contribution in [0.2, 0.25) is 0 Å². The van der Waals surface area contributed by atoms with Crippen LogP contribution in [0.4, 0.5) is 4.79 Å². The molecule has 98 valence electrons. The fraction of sp³-hybridized carbons (Fsp3) is 0.769. The lowest BCUT2D eigenvalue weighted by Crippen LogP contribution is -2.44. The minimum Gasteiger partial charge on any atom is -0.338 e. The molecule has 0 aromatic carbocycles. The van der Waals surface area contributed by atoms with E-state index in [1.54, 1.807) is 0 Å². The molecule has 2 N–H and O–H groups in total. The van der Waals surface area contributed by atoms with Crippen molar-refractivity contribution in [2.24, 2.45) is 0 Å². The number of nitrogens with one attached hydrogen (secondary N) is 2. The van der Waals surface area contributed by atoms with Crippen molar-refractivity contribution in [2.75, 3.05) is 26.2 Å². The highest BCUT2D eigenvalue weighted by atomic mass is 16.2. The molecule has 0 spiro atoms. The van der Waals surface area contributed by atoms with Crippen LogP contribution in [-0.2, 0) is 0 Å². The Bertz CT molecular complexity index is 253. The lowest BCUT2D eigenvalue weighted by molar-refractivity contribution is 0.229. The van der Waals surface area contributed by atoms with Crippen LogP contribution in [-0.4, -0.2) is 43.2 Å². The van der Waals surface area contributed by atoms with Gasteiger partial charge in [-0.3, -0.25) is 4.90 Å². The summed E-state index contributed by atoms with van der Waals surface area (Å²) in [6.45, 7) is 7.89. The number of carbonyl (C=O) groups is 1. The third-order valence-corrected chi connectivity index (χ3v) is 3.24. The van der Waals surface area contributed by atoms with E-state index in [1.165, 1.54) is 19.4 Å². The van der Waals surface area contributed by atoms with E-state index < -0.39 is 0 Å². The summed E-state index contributed by atoms with van der Waals surface area (Å²) in [5.74, 6) is 0. The van der Waals surface area contributed by atoms with Crippen molar-refractivity contribution in [1.29, 1.82) is 0 Å². The Morgan fingerprint density at radius 1 is 1.47 bits per heavy atom. The van der Waals surface area contributed by atoms with E-state index in [0.29, 0.717) is 12.6 Å². The van der Waals surface area contributed by atoms with Gasteiger partial charge in [-0.1, -0.05) is 19.1 Å². The first kappa shape index (κ1) is 14.0. The summed E-state index contributed by atoms with van der Waals surface area (Å²) in [5, 5.41) is 5.80. The first-order valence-corrected chi connectivity index (χ1v) is 6.64. The third-order valence-electron chi connectivity index (χ3n) is 3.24. The van der Waals surface area contributed by atoms with Gasteiger partial charge in [0.1, 0.15) is 0 Å². The van der Waals surface area contributed by atoms with Crippen LogP contribution in [0.15, 0.2) is 12.2 Å². The van der Waals surface area contributed by atoms with Crippen molar-refractivity contribution in [1.82, 2.24) is 15.5 Å². The molecular formula is C13H25N3O. The largest absolute Gasteiger partial charge is 0.338 e. The fourth-order valence-corrected chi connectivity index (χ4v) is 2.25. The van der Waals surface area contributed by atoms with Gasteiger partial charge in [0.2, 0.25) is 0 Å². The molecule has 4 nitrogen and oxygen atoms in total. The second kappa shape index (κ2) is 8.12. The summed E-state index contributed by atoms with van der Waals surface area (Å²) in [7, 11) is 0. The Morgan fingerprint density at radius 2 is 2.29 bits per heavy atom. The summed E-state index contributed by atoms with van der Waals surface area (Å²) in [6.07, 6.45) is 7.40. The van der Waals surface area contributed by atoms with E-state index in [1.807, 2.05) is 13.0 Å². The Hall–Kier alpha value is -1.03. The Labute approximate surface area is 104 Å². The van der Waals surface area contributed by atoms with E-state index in [2.05, 4.69) is 28.5 Å². The highest BCUT2D eigenvalue weighted by molar-refractivity contribution is 5.73. The number of hydrogen-bond acceptors (Lipinski definition) is 2. The summed E-state index contributed by atoms with van der Waals surface area (Å²) in [6, 6.07) is 0.485. The van der Waals surface area contributed by atoms with Gasteiger partial charge in [-0.15, -0.1) is 0 Å². The van der Waals surface area contributed by atoms with Crippen molar-refractivity contribution in [3.8, 4) is 0 Å². The predicted molar refractivity (Wildman–Crippen MR) is 71.1 cm³/mol. The van der Waals surface area contributed by atoms with Crippen molar-refractivity contribution in [3.63, 3.8) is 0 Å². The Kier molecular flexibility index (Phi) is 6.70. The number of likely N-dealkylation sites (tertiary alicyclic amines) is 1. The number of rotatable bonds is 6. The molecule has 1 aliphatic heterocycles. The number of allylic oxidation sites excluding steroid dienone is 1. The van der Waals surface area contributed by atoms with E-state index in [4.69, 9.17) is 0 Å². The second-order valence-corrected chi connectivity index (χ2v) is 4.42. The quantitative estimate of drug-likeness (QED) is 0.548. The van der Waals surface area contributed by atoms with Crippen LogP contribution in [0, 0.1) is 0 Å². The molecular weight excluding hydrogens is 214 g/mol. The summed E-state index contributed by atoms with van der Waals surface area (Å²) in [4.78, 5) is 13.9. The SMILES string of the molecule is C/C=C/CCNC(=O)NCC1CCCN1CC. The van der Waals surface area contributed by atoms with Crippen molar-refractivity contribution >= 4 is 6.03 Å². The van der Waals surface area contributed by atoms with Gasteiger partial charge in [-0.2, -0.15) is 0 Å². The zero-order valence-electron chi connectivity index (χ0n) is 11.0. The maximum absolute atomic E-state index is 11.5. The molecule has 1 rings (SSSR count). The standard InChI is InChI=1S/C13H25N3O/c1-3-5-6-9-14-13(17)15-11-12-8-7-10-16(12)4-2/h3,5,12H,4,6-11H2,1-2H3,(H2,14,15,17)/b5-3+.